The van der Waals surface area contributed by atoms with Gasteiger partial charge < -0.3 is 34.5 Å². The van der Waals surface area contributed by atoms with Crippen molar-refractivity contribution in [3.63, 3.8) is 0 Å². The van der Waals surface area contributed by atoms with Crippen molar-refractivity contribution < 1.29 is 51.3 Å². The third kappa shape index (κ3) is 11.4. The molecule has 0 bridgehead atoms. The van der Waals surface area contributed by atoms with Gasteiger partial charge in [-0.05, 0) is 107 Å². The molecule has 0 aliphatic carbocycles. The van der Waals surface area contributed by atoms with Gasteiger partial charge in [0, 0.05) is 19.5 Å². The number of hydrogen-bond donors (Lipinski definition) is 3. The monoisotopic (exact) mass is 973 g/mol. The molecule has 7 rings (SSSR count). The fourth-order valence-electron chi connectivity index (χ4n) is 8.32. The summed E-state index contributed by atoms with van der Waals surface area (Å²) in [5, 5.41) is 8.13. The first-order valence-electron chi connectivity index (χ1n) is 22.6. The van der Waals surface area contributed by atoms with Gasteiger partial charge in [-0.15, -0.1) is 0 Å². The number of halogens is 1. The fraction of sp³-hybridized carbons (Fsp3) is 0.438. The predicted molar refractivity (Wildman–Crippen MR) is 253 cm³/mol. The summed E-state index contributed by atoms with van der Waals surface area (Å²) in [5.41, 5.74) is 3.36. The Labute approximate surface area is 400 Å². The van der Waals surface area contributed by atoms with Gasteiger partial charge in [-0.3, -0.25) is 34.2 Å². The van der Waals surface area contributed by atoms with Gasteiger partial charge in [-0.2, -0.15) is 4.98 Å². The van der Waals surface area contributed by atoms with Crippen molar-refractivity contribution in [3.05, 3.63) is 88.1 Å². The van der Waals surface area contributed by atoms with Crippen LogP contribution in [0.5, 0.6) is 11.5 Å². The van der Waals surface area contributed by atoms with Crippen LogP contribution in [0.15, 0.2) is 65.7 Å². The van der Waals surface area contributed by atoms with E-state index in [9.17, 15) is 32.4 Å². The Morgan fingerprint density at radius 1 is 0.868 bits per heavy atom. The molecular weight excluding hydrogens is 918 g/mol. The molecule has 3 aromatic carbocycles. The average molecular weight is 975 g/mol. The zero-order valence-corrected chi connectivity index (χ0v) is 40.2. The minimum Gasteiger partial charge on any atom is -0.490 e. The normalized spacial score (nSPS) is 16.6. The SMILES string of the molecule is Cc1cc(Nc2ncc(Cl)c(Nc3ccccc3S(=O)(=O)C(C)C)n2)c(OC(C)C)cc1C1CCN(C(=O)CCOCCOCCOc2cccc3c2C(=O)N(C2CCC(=O)NC2=O)C3=O)CC1. The molecule has 4 heterocycles. The van der Waals surface area contributed by atoms with E-state index >= 15 is 0 Å². The first-order chi connectivity index (χ1) is 32.5. The molecule has 1 atom stereocenters. The Bertz CT molecular complexity index is 2670. The zero-order chi connectivity index (χ0) is 48.7. The van der Waals surface area contributed by atoms with Crippen LogP contribution in [0.25, 0.3) is 0 Å². The second kappa shape index (κ2) is 21.9. The number of benzene rings is 3. The van der Waals surface area contributed by atoms with Crippen LogP contribution in [-0.2, 0) is 33.7 Å². The molecule has 362 valence electrons. The lowest BCUT2D eigenvalue weighted by atomic mass is 9.86. The number of rotatable bonds is 20. The molecule has 5 amide bonds. The van der Waals surface area contributed by atoms with Gasteiger partial charge in [0.05, 0.1) is 77.8 Å². The molecule has 0 saturated carbocycles. The number of nitrogens with zero attached hydrogens (tertiary/aromatic N) is 4. The predicted octanol–water partition coefficient (Wildman–Crippen LogP) is 6.50. The van der Waals surface area contributed by atoms with Gasteiger partial charge >= 0.3 is 0 Å². The van der Waals surface area contributed by atoms with E-state index in [0.717, 1.165) is 28.9 Å². The number of aromatic nitrogens is 2. The second-order valence-corrected chi connectivity index (χ2v) is 20.1. The number of hydrogen-bond acceptors (Lipinski definition) is 15. The van der Waals surface area contributed by atoms with Crippen molar-refractivity contribution >= 4 is 74.1 Å². The highest BCUT2D eigenvalue weighted by Crippen LogP contribution is 2.39. The molecule has 2 saturated heterocycles. The fourth-order valence-corrected chi connectivity index (χ4v) is 9.66. The van der Waals surface area contributed by atoms with Crippen molar-refractivity contribution in [1.82, 2.24) is 25.1 Å². The first kappa shape index (κ1) is 49.7. The van der Waals surface area contributed by atoms with Crippen LogP contribution in [-0.4, -0.2) is 121 Å². The van der Waals surface area contributed by atoms with E-state index in [0.29, 0.717) is 30.2 Å². The van der Waals surface area contributed by atoms with E-state index in [1.807, 2.05) is 37.8 Å². The highest BCUT2D eigenvalue weighted by Gasteiger charge is 2.46. The zero-order valence-electron chi connectivity index (χ0n) is 38.6. The summed E-state index contributed by atoms with van der Waals surface area (Å²) in [5.74, 6) is -0.907. The molecule has 3 N–H and O–H groups in total. The van der Waals surface area contributed by atoms with E-state index in [1.54, 1.807) is 50.2 Å². The molecule has 20 heteroatoms. The summed E-state index contributed by atoms with van der Waals surface area (Å²) in [4.78, 5) is 75.4. The van der Waals surface area contributed by atoms with E-state index in [1.165, 1.54) is 12.3 Å². The van der Waals surface area contributed by atoms with Crippen LogP contribution in [0.1, 0.15) is 97.6 Å². The topological polar surface area (TPSA) is 225 Å². The van der Waals surface area contributed by atoms with Crippen molar-refractivity contribution in [3.8, 4) is 11.5 Å². The highest BCUT2D eigenvalue weighted by molar-refractivity contribution is 7.92. The third-order valence-corrected chi connectivity index (χ3v) is 14.3. The molecule has 68 heavy (non-hydrogen) atoms. The summed E-state index contributed by atoms with van der Waals surface area (Å²) < 4.78 is 49.6. The third-order valence-electron chi connectivity index (χ3n) is 11.8. The maximum Gasteiger partial charge on any atom is 0.266 e. The molecule has 0 spiro atoms. The number of para-hydroxylation sites is 1. The Morgan fingerprint density at radius 3 is 2.31 bits per heavy atom. The van der Waals surface area contributed by atoms with Gasteiger partial charge in [0.2, 0.25) is 23.7 Å². The van der Waals surface area contributed by atoms with Gasteiger partial charge in [-0.1, -0.05) is 29.8 Å². The van der Waals surface area contributed by atoms with Crippen LogP contribution >= 0.6 is 11.6 Å². The minimum atomic E-state index is -3.60. The molecule has 1 unspecified atom stereocenters. The Morgan fingerprint density at radius 2 is 1.59 bits per heavy atom. The molecule has 2 fully saturated rings. The number of anilines is 4. The summed E-state index contributed by atoms with van der Waals surface area (Å²) in [7, 11) is -3.60. The summed E-state index contributed by atoms with van der Waals surface area (Å²) in [6.07, 6.45) is 3.17. The number of nitrogens with one attached hydrogen (secondary N) is 3. The number of aryl methyl sites for hydroxylation is 1. The molecular formula is C48H56ClN7O11S. The largest absolute Gasteiger partial charge is 0.490 e. The average Bonchev–Trinajstić information content (AvgIpc) is 3.56. The molecule has 0 radical (unpaired) electrons. The summed E-state index contributed by atoms with van der Waals surface area (Å²) in [6.45, 7) is 11.4. The van der Waals surface area contributed by atoms with Gasteiger partial charge in [-0.25, -0.2) is 13.4 Å². The summed E-state index contributed by atoms with van der Waals surface area (Å²) >= 11 is 6.50. The van der Waals surface area contributed by atoms with E-state index < -0.39 is 44.8 Å². The number of ether oxygens (including phenoxy) is 4. The van der Waals surface area contributed by atoms with Crippen LogP contribution < -0.4 is 25.4 Å². The first-order valence-corrected chi connectivity index (χ1v) is 24.6. The number of likely N-dealkylation sites (tertiary alicyclic amines) is 1. The second-order valence-electron chi connectivity index (χ2n) is 17.2. The van der Waals surface area contributed by atoms with Crippen molar-refractivity contribution in [2.75, 3.05) is 56.8 Å². The number of piperidine rings is 2. The van der Waals surface area contributed by atoms with Crippen LogP contribution in [0.3, 0.4) is 0 Å². The standard InChI is InChI=1S/C48H56ClN7O11S/c1-28(2)67-39-26-33(30(5)25-36(39)52-48-50-27-34(49)44(54-48)51-35-10-6-7-12-40(35)68(62,63)29(3)4)31-15-18-55(19-16-31)42(58)17-20-64-21-22-65-23-24-66-38-11-8-9-32-43(38)47(61)56(46(32)60)37-13-14-41(57)53-45(37)59/h6-12,25-29,31,37H,13-24H2,1-5H3,(H,53,57,59)(H2,50,51,52,54). The smallest absolute Gasteiger partial charge is 0.266 e. The maximum atomic E-state index is 13.3. The molecule has 3 aliphatic heterocycles. The minimum absolute atomic E-state index is 0.0133. The van der Waals surface area contributed by atoms with Crippen molar-refractivity contribution in [1.29, 1.82) is 0 Å². The molecule has 18 nitrogen and oxygen atoms in total. The number of carbonyl (C=O) groups excluding carboxylic acids is 5. The highest BCUT2D eigenvalue weighted by atomic mass is 35.5. The van der Waals surface area contributed by atoms with Crippen LogP contribution in [0.2, 0.25) is 5.02 Å². The van der Waals surface area contributed by atoms with Gasteiger partial charge in [0.15, 0.2) is 15.7 Å². The number of amides is 5. The lowest BCUT2D eigenvalue weighted by Gasteiger charge is -2.33. The molecule has 4 aromatic rings. The Balaban J connectivity index is 0.849. The van der Waals surface area contributed by atoms with Crippen LogP contribution in [0, 0.1) is 6.92 Å². The number of carbonyl (C=O) groups is 5. The quantitative estimate of drug-likeness (QED) is 0.0635. The van der Waals surface area contributed by atoms with E-state index in [4.69, 9.17) is 30.5 Å². The number of sulfone groups is 1. The number of imide groups is 2. The van der Waals surface area contributed by atoms with Gasteiger partial charge in [0.1, 0.15) is 29.2 Å². The van der Waals surface area contributed by atoms with Gasteiger partial charge in [0.25, 0.3) is 11.8 Å². The van der Waals surface area contributed by atoms with Crippen LogP contribution in [0.4, 0.5) is 23.1 Å². The lowest BCUT2D eigenvalue weighted by molar-refractivity contribution is -0.136. The van der Waals surface area contributed by atoms with E-state index in [-0.39, 0.29) is 109 Å². The number of fused-ring (bicyclic) bond motifs is 1. The Kier molecular flexibility index (Phi) is 16.0. The molecule has 3 aliphatic rings. The Hall–Kier alpha value is -6.15. The maximum absolute atomic E-state index is 13.3. The van der Waals surface area contributed by atoms with E-state index in [2.05, 4.69) is 25.9 Å². The van der Waals surface area contributed by atoms with Crippen molar-refractivity contribution in [2.45, 2.75) is 94.9 Å². The lowest BCUT2D eigenvalue weighted by Crippen LogP contribution is -2.54. The molecule has 1 aromatic heterocycles. The summed E-state index contributed by atoms with van der Waals surface area (Å²) in [6, 6.07) is 14.2. The van der Waals surface area contributed by atoms with Crippen molar-refractivity contribution in [2.24, 2.45) is 0 Å².